The van der Waals surface area contributed by atoms with Crippen LogP contribution in [0.15, 0.2) is 23.0 Å². The molecular formula is C13H15N3O4. The Morgan fingerprint density at radius 2 is 2.05 bits per heavy atom. The van der Waals surface area contributed by atoms with Gasteiger partial charge in [0.1, 0.15) is 5.75 Å². The molecule has 2 aromatic rings. The molecular weight excluding hydrogens is 262 g/mol. The Bertz CT molecular complexity index is 586. The van der Waals surface area contributed by atoms with Crippen LogP contribution in [0.5, 0.6) is 17.2 Å². The maximum absolute atomic E-state index is 5.39. The Morgan fingerprint density at radius 3 is 2.75 bits per heavy atom. The van der Waals surface area contributed by atoms with Gasteiger partial charge in [-0.1, -0.05) is 5.16 Å². The third-order valence-electron chi connectivity index (χ3n) is 3.03. The second-order valence-electron chi connectivity index (χ2n) is 4.54. The highest BCUT2D eigenvalue weighted by Gasteiger charge is 2.18. The van der Waals surface area contributed by atoms with E-state index in [1.165, 1.54) is 6.39 Å². The summed E-state index contributed by atoms with van der Waals surface area (Å²) < 4.78 is 20.8. The highest BCUT2D eigenvalue weighted by molar-refractivity contribution is 5.51. The van der Waals surface area contributed by atoms with Gasteiger partial charge in [-0.25, -0.2) is 0 Å². The number of hydrogen-bond donors (Lipinski definition) is 0. The van der Waals surface area contributed by atoms with E-state index in [0.717, 1.165) is 17.1 Å². The van der Waals surface area contributed by atoms with Gasteiger partial charge in [-0.2, -0.15) is 4.98 Å². The van der Waals surface area contributed by atoms with Crippen molar-refractivity contribution in [3.05, 3.63) is 29.9 Å². The van der Waals surface area contributed by atoms with Crippen LogP contribution in [0.2, 0.25) is 0 Å². The van der Waals surface area contributed by atoms with E-state index < -0.39 is 0 Å². The van der Waals surface area contributed by atoms with Crippen molar-refractivity contribution in [1.29, 1.82) is 0 Å². The number of rotatable bonds is 5. The van der Waals surface area contributed by atoms with Gasteiger partial charge >= 0.3 is 0 Å². The number of aromatic nitrogens is 2. The minimum atomic E-state index is 0.251. The summed E-state index contributed by atoms with van der Waals surface area (Å²) in [7, 11) is 3.61. The zero-order valence-electron chi connectivity index (χ0n) is 11.3. The van der Waals surface area contributed by atoms with Crippen LogP contribution >= 0.6 is 0 Å². The van der Waals surface area contributed by atoms with E-state index in [0.29, 0.717) is 24.7 Å². The largest absolute Gasteiger partial charge is 0.496 e. The highest BCUT2D eigenvalue weighted by Crippen LogP contribution is 2.38. The first-order chi connectivity index (χ1) is 9.76. The van der Waals surface area contributed by atoms with Gasteiger partial charge < -0.3 is 18.7 Å². The molecule has 0 radical (unpaired) electrons. The molecule has 0 unspecified atom stereocenters. The molecule has 0 atom stereocenters. The van der Waals surface area contributed by atoms with Crippen LogP contribution in [-0.2, 0) is 13.1 Å². The zero-order chi connectivity index (χ0) is 13.9. The fourth-order valence-corrected chi connectivity index (χ4v) is 2.13. The predicted molar refractivity (Wildman–Crippen MR) is 68.6 cm³/mol. The lowest BCUT2D eigenvalue weighted by molar-refractivity contribution is 0.174. The van der Waals surface area contributed by atoms with E-state index in [9.17, 15) is 0 Å². The standard InChI is InChI=1S/C13H15N3O4/c1-16(6-13-14-7-20-15-13)5-9-3-11-12(19-8-18-11)4-10(9)17-2/h3-4,7H,5-6,8H2,1-2H3. The zero-order valence-corrected chi connectivity index (χ0v) is 11.3. The monoisotopic (exact) mass is 277 g/mol. The molecule has 3 rings (SSSR count). The quantitative estimate of drug-likeness (QED) is 0.819. The summed E-state index contributed by atoms with van der Waals surface area (Å²) in [6, 6.07) is 3.79. The number of ether oxygens (including phenoxy) is 3. The SMILES string of the molecule is COc1cc2c(cc1CN(C)Cc1ncon1)OCO2. The first-order valence-corrected chi connectivity index (χ1v) is 6.16. The summed E-state index contributed by atoms with van der Waals surface area (Å²) in [6.07, 6.45) is 1.32. The molecule has 0 aliphatic carbocycles. The molecule has 0 N–H and O–H groups in total. The highest BCUT2D eigenvalue weighted by atomic mass is 16.7. The van der Waals surface area contributed by atoms with Crippen molar-refractivity contribution in [3.63, 3.8) is 0 Å². The third-order valence-corrected chi connectivity index (χ3v) is 3.03. The van der Waals surface area contributed by atoms with Crippen LogP contribution in [0.1, 0.15) is 11.4 Å². The first-order valence-electron chi connectivity index (χ1n) is 6.16. The van der Waals surface area contributed by atoms with Crippen LogP contribution in [0, 0.1) is 0 Å². The average molecular weight is 277 g/mol. The maximum Gasteiger partial charge on any atom is 0.231 e. The third kappa shape index (κ3) is 2.53. The lowest BCUT2D eigenvalue weighted by atomic mass is 10.1. The lowest BCUT2D eigenvalue weighted by Crippen LogP contribution is -2.18. The van der Waals surface area contributed by atoms with Crippen LogP contribution in [-0.4, -0.2) is 36.0 Å². The minimum absolute atomic E-state index is 0.251. The van der Waals surface area contributed by atoms with Gasteiger partial charge in [-0.15, -0.1) is 0 Å². The molecule has 7 nitrogen and oxygen atoms in total. The van der Waals surface area contributed by atoms with Gasteiger partial charge in [0.15, 0.2) is 17.3 Å². The molecule has 106 valence electrons. The Labute approximate surface area is 116 Å². The molecule has 0 spiro atoms. The fraction of sp³-hybridized carbons (Fsp3) is 0.385. The Kier molecular flexibility index (Phi) is 3.42. The molecule has 0 fully saturated rings. The van der Waals surface area contributed by atoms with Crippen LogP contribution in [0.4, 0.5) is 0 Å². The molecule has 2 heterocycles. The Balaban J connectivity index is 1.76. The number of hydrogen-bond acceptors (Lipinski definition) is 7. The van der Waals surface area contributed by atoms with Crippen molar-refractivity contribution in [2.45, 2.75) is 13.1 Å². The van der Waals surface area contributed by atoms with Gasteiger partial charge in [0, 0.05) is 18.2 Å². The second kappa shape index (κ2) is 5.38. The van der Waals surface area contributed by atoms with E-state index in [-0.39, 0.29) is 6.79 Å². The molecule has 0 amide bonds. The minimum Gasteiger partial charge on any atom is -0.496 e. The fourth-order valence-electron chi connectivity index (χ4n) is 2.13. The normalized spacial score (nSPS) is 12.9. The van der Waals surface area contributed by atoms with Gasteiger partial charge in [-0.05, 0) is 13.1 Å². The molecule has 0 saturated carbocycles. The summed E-state index contributed by atoms with van der Waals surface area (Å²) in [5.74, 6) is 2.88. The van der Waals surface area contributed by atoms with Crippen LogP contribution < -0.4 is 14.2 Å². The topological polar surface area (TPSA) is 69.9 Å². The predicted octanol–water partition coefficient (Wildman–Crippen LogP) is 1.44. The van der Waals surface area contributed by atoms with E-state index in [1.807, 2.05) is 19.2 Å². The van der Waals surface area contributed by atoms with E-state index in [1.54, 1.807) is 7.11 Å². The number of methoxy groups -OCH3 is 1. The molecule has 1 aromatic carbocycles. The van der Waals surface area contributed by atoms with Gasteiger partial charge in [0.25, 0.3) is 0 Å². The van der Waals surface area contributed by atoms with Crippen LogP contribution in [0.3, 0.4) is 0 Å². The van der Waals surface area contributed by atoms with Crippen molar-refractivity contribution in [2.75, 3.05) is 21.0 Å². The molecule has 0 saturated heterocycles. The molecule has 1 aliphatic heterocycles. The van der Waals surface area contributed by atoms with Crippen molar-refractivity contribution >= 4 is 0 Å². The molecule has 1 aliphatic rings. The van der Waals surface area contributed by atoms with E-state index in [4.69, 9.17) is 18.7 Å². The Hall–Kier alpha value is -2.28. The van der Waals surface area contributed by atoms with Crippen LogP contribution in [0.25, 0.3) is 0 Å². The number of fused-ring (bicyclic) bond motifs is 1. The maximum atomic E-state index is 5.39. The molecule has 7 heteroatoms. The first kappa shape index (κ1) is 12.7. The molecule has 0 bridgehead atoms. The Morgan fingerprint density at radius 1 is 1.25 bits per heavy atom. The molecule has 20 heavy (non-hydrogen) atoms. The molecule has 1 aromatic heterocycles. The smallest absolute Gasteiger partial charge is 0.231 e. The van der Waals surface area contributed by atoms with Crippen molar-refractivity contribution in [1.82, 2.24) is 15.0 Å². The van der Waals surface area contributed by atoms with E-state index in [2.05, 4.69) is 15.0 Å². The van der Waals surface area contributed by atoms with Crippen molar-refractivity contribution in [2.24, 2.45) is 0 Å². The summed E-state index contributed by atoms with van der Waals surface area (Å²) in [4.78, 5) is 6.06. The number of nitrogens with zero attached hydrogens (tertiary/aromatic N) is 3. The average Bonchev–Trinajstić information content (AvgIpc) is 3.08. The summed E-state index contributed by atoms with van der Waals surface area (Å²) in [5.41, 5.74) is 1.02. The van der Waals surface area contributed by atoms with Gasteiger partial charge in [0.05, 0.1) is 13.7 Å². The summed E-state index contributed by atoms with van der Waals surface area (Å²) >= 11 is 0. The van der Waals surface area contributed by atoms with E-state index >= 15 is 0 Å². The summed E-state index contributed by atoms with van der Waals surface area (Å²) in [6.45, 7) is 1.52. The lowest BCUT2D eigenvalue weighted by Gasteiger charge is -2.17. The van der Waals surface area contributed by atoms with Crippen molar-refractivity contribution in [3.8, 4) is 17.2 Å². The summed E-state index contributed by atoms with van der Waals surface area (Å²) in [5, 5.41) is 3.79. The van der Waals surface area contributed by atoms with Gasteiger partial charge in [0.2, 0.25) is 13.2 Å². The second-order valence-corrected chi connectivity index (χ2v) is 4.54. The van der Waals surface area contributed by atoms with Crippen molar-refractivity contribution < 1.29 is 18.7 Å². The van der Waals surface area contributed by atoms with Gasteiger partial charge in [-0.3, -0.25) is 4.90 Å². The number of benzene rings is 1.